The number of alkyl halides is 2. The van der Waals surface area contributed by atoms with Crippen molar-refractivity contribution in [2.24, 2.45) is 5.73 Å². The third kappa shape index (κ3) is 5.72. The largest absolute Gasteiger partial charge is 0.490 e. The highest BCUT2D eigenvalue weighted by molar-refractivity contribution is 6.06. The van der Waals surface area contributed by atoms with Crippen molar-refractivity contribution in [2.75, 3.05) is 19.7 Å². The number of aromatic nitrogens is 3. The Morgan fingerprint density at radius 1 is 1.22 bits per heavy atom. The van der Waals surface area contributed by atoms with Crippen LogP contribution in [0.5, 0.6) is 11.6 Å². The van der Waals surface area contributed by atoms with Gasteiger partial charge in [0.05, 0.1) is 29.9 Å². The Hall–Kier alpha value is -4.49. The van der Waals surface area contributed by atoms with Gasteiger partial charge < -0.3 is 30.5 Å². The molecule has 0 spiro atoms. The molecule has 1 aromatic carbocycles. The van der Waals surface area contributed by atoms with Crippen LogP contribution in [0.3, 0.4) is 0 Å². The van der Waals surface area contributed by atoms with Gasteiger partial charge in [-0.15, -0.1) is 0 Å². The van der Waals surface area contributed by atoms with Gasteiger partial charge in [0, 0.05) is 48.4 Å². The van der Waals surface area contributed by atoms with Crippen molar-refractivity contribution in [3.05, 3.63) is 36.3 Å². The van der Waals surface area contributed by atoms with Gasteiger partial charge in [0.25, 0.3) is 11.8 Å². The molecule has 2 saturated heterocycles. The van der Waals surface area contributed by atoms with Gasteiger partial charge in [-0.3, -0.25) is 14.3 Å². The molecule has 41 heavy (non-hydrogen) atoms. The number of primary amides is 1. The topological polar surface area (TPSA) is 162 Å². The SMILES string of the molecule is CC(C)Oc1cc2c(OC[C@@H]3CC(F)(F)C(=O)N3)ncc(-c3cnn(C4CCN(C(=O)O)CC4)c3)c2cc1C(N)=O. The van der Waals surface area contributed by atoms with Crippen LogP contribution in [-0.4, -0.2) is 80.4 Å². The number of benzene rings is 1. The molecule has 0 radical (unpaired) electrons. The molecule has 0 bridgehead atoms. The van der Waals surface area contributed by atoms with Crippen LogP contribution in [0.4, 0.5) is 13.6 Å². The van der Waals surface area contributed by atoms with E-state index >= 15 is 0 Å². The molecule has 0 saturated carbocycles. The average molecular weight is 573 g/mol. The number of piperidine rings is 1. The van der Waals surface area contributed by atoms with E-state index in [9.17, 15) is 28.3 Å². The summed E-state index contributed by atoms with van der Waals surface area (Å²) in [6.07, 6.45) is 4.31. The number of nitrogens with zero attached hydrogens (tertiary/aromatic N) is 4. The molecule has 3 amide bonds. The standard InChI is InChI=1S/C27H30F2N6O6/c1-14(2)41-22-8-19-18(7-20(22)23(30)36)21(11-31-24(19)40-13-16-9-27(28,29)25(37)33-16)15-10-32-35(12-15)17-3-5-34(6-4-17)26(38)39/h7-8,10-12,14,16-17H,3-6,9,13H2,1-2H3,(H2,30,36)(H,33,37)(H,38,39)/t16-/m0/s1. The van der Waals surface area contributed by atoms with E-state index < -0.39 is 36.3 Å². The molecular weight excluding hydrogens is 542 g/mol. The van der Waals surface area contributed by atoms with E-state index in [0.29, 0.717) is 47.8 Å². The van der Waals surface area contributed by atoms with Gasteiger partial charge in [0.15, 0.2) is 0 Å². The molecule has 1 atom stereocenters. The van der Waals surface area contributed by atoms with E-state index in [1.54, 1.807) is 36.9 Å². The lowest BCUT2D eigenvalue weighted by Crippen LogP contribution is -2.38. The number of nitrogens with two attached hydrogens (primary N) is 1. The average Bonchev–Trinajstić information content (AvgIpc) is 3.50. The summed E-state index contributed by atoms with van der Waals surface area (Å²) in [6, 6.07) is 2.26. The first-order valence-corrected chi connectivity index (χ1v) is 13.2. The van der Waals surface area contributed by atoms with Crippen LogP contribution in [0.2, 0.25) is 0 Å². The van der Waals surface area contributed by atoms with Crippen LogP contribution >= 0.6 is 0 Å². The Bertz CT molecular complexity index is 1500. The minimum absolute atomic E-state index is 0.00755. The molecule has 3 aromatic rings. The zero-order valence-electron chi connectivity index (χ0n) is 22.5. The third-order valence-corrected chi connectivity index (χ3v) is 7.19. The van der Waals surface area contributed by atoms with E-state index in [1.165, 1.54) is 11.1 Å². The van der Waals surface area contributed by atoms with Gasteiger partial charge in [-0.1, -0.05) is 0 Å². The summed E-state index contributed by atoms with van der Waals surface area (Å²) in [5.41, 5.74) is 7.12. The fraction of sp³-hybridized carbons (Fsp3) is 0.444. The maximum Gasteiger partial charge on any atom is 0.407 e. The van der Waals surface area contributed by atoms with Crippen molar-refractivity contribution in [3.63, 3.8) is 0 Å². The maximum atomic E-state index is 13.7. The molecule has 0 aliphatic carbocycles. The molecule has 0 unspecified atom stereocenters. The fourth-order valence-electron chi connectivity index (χ4n) is 5.15. The number of likely N-dealkylation sites (tertiary alicyclic amines) is 1. The molecule has 4 heterocycles. The van der Waals surface area contributed by atoms with Crippen LogP contribution in [0.15, 0.2) is 30.7 Å². The molecular formula is C27H30F2N6O6. The maximum absolute atomic E-state index is 13.7. The van der Waals surface area contributed by atoms with E-state index in [1.807, 2.05) is 6.20 Å². The van der Waals surface area contributed by atoms with Crippen LogP contribution < -0.4 is 20.5 Å². The Morgan fingerprint density at radius 3 is 2.56 bits per heavy atom. The van der Waals surface area contributed by atoms with Crippen molar-refractivity contribution in [2.45, 2.75) is 57.2 Å². The minimum atomic E-state index is -3.47. The van der Waals surface area contributed by atoms with Crippen LogP contribution in [0, 0.1) is 0 Å². The van der Waals surface area contributed by atoms with E-state index in [2.05, 4.69) is 15.4 Å². The number of carboxylic acid groups (broad SMARTS) is 1. The molecule has 218 valence electrons. The molecule has 2 fully saturated rings. The molecule has 5 rings (SSSR count). The minimum Gasteiger partial charge on any atom is -0.490 e. The van der Waals surface area contributed by atoms with Gasteiger partial charge >= 0.3 is 12.0 Å². The van der Waals surface area contributed by atoms with E-state index in [-0.39, 0.29) is 35.9 Å². The second-order valence-electron chi connectivity index (χ2n) is 10.5. The normalized spacial score (nSPS) is 19.0. The monoisotopic (exact) mass is 572 g/mol. The van der Waals surface area contributed by atoms with Crippen molar-refractivity contribution >= 4 is 28.7 Å². The van der Waals surface area contributed by atoms with Gasteiger partial charge in [0.2, 0.25) is 5.88 Å². The first-order valence-electron chi connectivity index (χ1n) is 13.2. The van der Waals surface area contributed by atoms with Gasteiger partial charge in [-0.25, -0.2) is 9.78 Å². The number of carbonyl (C=O) groups is 3. The Labute approximate surface area is 233 Å². The second-order valence-corrected chi connectivity index (χ2v) is 10.5. The van der Waals surface area contributed by atoms with Gasteiger partial charge in [0.1, 0.15) is 12.4 Å². The predicted molar refractivity (Wildman–Crippen MR) is 142 cm³/mol. The lowest BCUT2D eigenvalue weighted by molar-refractivity contribution is -0.139. The number of rotatable bonds is 8. The van der Waals surface area contributed by atoms with Crippen LogP contribution in [-0.2, 0) is 4.79 Å². The Morgan fingerprint density at radius 2 is 1.95 bits per heavy atom. The zero-order chi connectivity index (χ0) is 29.5. The van der Waals surface area contributed by atoms with Crippen molar-refractivity contribution in [1.29, 1.82) is 0 Å². The highest BCUT2D eigenvalue weighted by Crippen LogP contribution is 2.38. The summed E-state index contributed by atoms with van der Waals surface area (Å²) < 4.78 is 40.9. The first-order chi connectivity index (χ1) is 19.4. The Balaban J connectivity index is 1.51. The summed E-state index contributed by atoms with van der Waals surface area (Å²) in [5.74, 6) is -5.20. The number of nitrogens with one attached hydrogen (secondary N) is 1. The molecule has 14 heteroatoms. The fourth-order valence-corrected chi connectivity index (χ4v) is 5.15. The van der Waals surface area contributed by atoms with Crippen molar-refractivity contribution in [1.82, 2.24) is 25.0 Å². The van der Waals surface area contributed by atoms with E-state index in [0.717, 1.165) is 0 Å². The predicted octanol–water partition coefficient (Wildman–Crippen LogP) is 3.20. The highest BCUT2D eigenvalue weighted by atomic mass is 19.3. The van der Waals surface area contributed by atoms with E-state index in [4.69, 9.17) is 15.2 Å². The smallest absolute Gasteiger partial charge is 0.407 e. The molecule has 4 N–H and O–H groups in total. The lowest BCUT2D eigenvalue weighted by Gasteiger charge is -2.30. The molecule has 12 nitrogen and oxygen atoms in total. The second kappa shape index (κ2) is 10.8. The van der Waals surface area contributed by atoms with Gasteiger partial charge in [-0.05, 0) is 44.2 Å². The number of hydrogen-bond donors (Lipinski definition) is 3. The van der Waals surface area contributed by atoms with Crippen molar-refractivity contribution < 1.29 is 37.7 Å². The summed E-state index contributed by atoms with van der Waals surface area (Å²) >= 11 is 0. The van der Waals surface area contributed by atoms with Gasteiger partial charge in [-0.2, -0.15) is 13.9 Å². The summed E-state index contributed by atoms with van der Waals surface area (Å²) in [7, 11) is 0. The highest BCUT2D eigenvalue weighted by Gasteiger charge is 2.48. The summed E-state index contributed by atoms with van der Waals surface area (Å²) in [4.78, 5) is 41.0. The molecule has 2 aromatic heterocycles. The number of fused-ring (bicyclic) bond motifs is 1. The molecule has 2 aliphatic heterocycles. The number of amides is 3. The number of carbonyl (C=O) groups excluding carboxylic acids is 2. The lowest BCUT2D eigenvalue weighted by atomic mass is 9.99. The zero-order valence-corrected chi connectivity index (χ0v) is 22.5. The number of ether oxygens (including phenoxy) is 2. The first kappa shape index (κ1) is 28.1. The van der Waals surface area contributed by atoms with Crippen molar-refractivity contribution in [3.8, 4) is 22.8 Å². The number of pyridine rings is 1. The number of halogens is 2. The Kier molecular flexibility index (Phi) is 7.41. The van der Waals surface area contributed by atoms with Crippen LogP contribution in [0.1, 0.15) is 49.5 Å². The summed E-state index contributed by atoms with van der Waals surface area (Å²) in [5, 5.41) is 16.9. The van der Waals surface area contributed by atoms with Crippen LogP contribution in [0.25, 0.3) is 21.9 Å². The number of hydrogen-bond acceptors (Lipinski definition) is 7. The third-order valence-electron chi connectivity index (χ3n) is 7.19. The molecule has 2 aliphatic rings. The summed E-state index contributed by atoms with van der Waals surface area (Å²) in [6.45, 7) is 4.14. The quantitative estimate of drug-likeness (QED) is 0.371.